The molecule has 1 fully saturated rings. The van der Waals surface area contributed by atoms with Crippen LogP contribution in [0.4, 0.5) is 4.79 Å². The Morgan fingerprint density at radius 2 is 2.14 bits per heavy atom. The molecule has 114 valence electrons. The molecule has 0 spiro atoms. The van der Waals surface area contributed by atoms with Crippen molar-refractivity contribution in [1.82, 2.24) is 10.2 Å². The summed E-state index contributed by atoms with van der Waals surface area (Å²) in [7, 11) is 0. The molecule has 21 heavy (non-hydrogen) atoms. The molecule has 3 N–H and O–H groups in total. The second kappa shape index (κ2) is 7.43. The van der Waals surface area contributed by atoms with Crippen LogP contribution in [0.1, 0.15) is 24.8 Å². The molecule has 1 heterocycles. The van der Waals surface area contributed by atoms with Gasteiger partial charge in [0.2, 0.25) is 5.91 Å². The van der Waals surface area contributed by atoms with Crippen molar-refractivity contribution in [2.45, 2.75) is 31.7 Å². The van der Waals surface area contributed by atoms with Crippen molar-refractivity contribution in [2.75, 3.05) is 13.1 Å². The van der Waals surface area contributed by atoms with Gasteiger partial charge in [-0.2, -0.15) is 0 Å². The molecule has 1 aromatic carbocycles. The van der Waals surface area contributed by atoms with Crippen molar-refractivity contribution in [3.05, 3.63) is 34.9 Å². The Kier molecular flexibility index (Phi) is 5.59. The Labute approximate surface area is 129 Å². The van der Waals surface area contributed by atoms with Crippen LogP contribution in [0.2, 0.25) is 5.02 Å². The number of benzene rings is 1. The van der Waals surface area contributed by atoms with E-state index in [1.807, 2.05) is 24.3 Å². The van der Waals surface area contributed by atoms with Crippen LogP contribution in [0.5, 0.6) is 0 Å². The minimum Gasteiger partial charge on any atom is -0.351 e. The SMILES string of the molecule is NC(=O)NC(=O)CCN1CCCC1Cc1ccccc1Cl. The van der Waals surface area contributed by atoms with E-state index in [0.717, 1.165) is 36.4 Å². The van der Waals surface area contributed by atoms with E-state index in [1.54, 1.807) is 0 Å². The summed E-state index contributed by atoms with van der Waals surface area (Å²) in [4.78, 5) is 24.4. The molecule has 1 atom stereocenters. The fourth-order valence-electron chi connectivity index (χ4n) is 2.78. The zero-order valence-corrected chi connectivity index (χ0v) is 12.6. The van der Waals surface area contributed by atoms with Crippen LogP contribution < -0.4 is 11.1 Å². The van der Waals surface area contributed by atoms with Gasteiger partial charge in [-0.3, -0.25) is 15.0 Å². The number of carbonyl (C=O) groups is 2. The molecule has 2 rings (SSSR count). The first-order valence-electron chi connectivity index (χ1n) is 7.13. The average Bonchev–Trinajstić information content (AvgIpc) is 2.86. The molecule has 0 radical (unpaired) electrons. The van der Waals surface area contributed by atoms with E-state index < -0.39 is 6.03 Å². The van der Waals surface area contributed by atoms with E-state index in [-0.39, 0.29) is 12.3 Å². The number of primary amides is 1. The van der Waals surface area contributed by atoms with Crippen LogP contribution >= 0.6 is 11.6 Å². The molecular formula is C15H20ClN3O2. The number of urea groups is 1. The normalized spacial score (nSPS) is 18.6. The quantitative estimate of drug-likeness (QED) is 0.872. The molecular weight excluding hydrogens is 290 g/mol. The zero-order valence-electron chi connectivity index (χ0n) is 11.8. The molecule has 0 bridgehead atoms. The number of hydrogen-bond donors (Lipinski definition) is 2. The number of halogens is 1. The third-order valence-corrected chi connectivity index (χ3v) is 4.17. The van der Waals surface area contributed by atoms with E-state index in [1.165, 1.54) is 0 Å². The largest absolute Gasteiger partial charge is 0.351 e. The van der Waals surface area contributed by atoms with E-state index >= 15 is 0 Å². The number of carbonyl (C=O) groups excluding carboxylic acids is 2. The topological polar surface area (TPSA) is 75.4 Å². The number of likely N-dealkylation sites (tertiary alicyclic amines) is 1. The standard InChI is InChI=1S/C15H20ClN3O2/c16-13-6-2-1-4-11(13)10-12-5-3-8-19(12)9-7-14(20)18-15(17)21/h1-2,4,6,12H,3,5,7-10H2,(H3,17,18,20,21). The van der Waals surface area contributed by atoms with Gasteiger partial charge in [-0.25, -0.2) is 4.79 Å². The lowest BCUT2D eigenvalue weighted by Gasteiger charge is -2.24. The zero-order chi connectivity index (χ0) is 15.2. The molecule has 0 aliphatic carbocycles. The number of nitrogens with two attached hydrogens (primary N) is 1. The lowest BCUT2D eigenvalue weighted by molar-refractivity contribution is -0.120. The van der Waals surface area contributed by atoms with Gasteiger partial charge in [0.25, 0.3) is 0 Å². The second-order valence-electron chi connectivity index (χ2n) is 5.29. The van der Waals surface area contributed by atoms with Crippen molar-refractivity contribution in [1.29, 1.82) is 0 Å². The van der Waals surface area contributed by atoms with Crippen molar-refractivity contribution in [3.63, 3.8) is 0 Å². The van der Waals surface area contributed by atoms with Gasteiger partial charge in [0.15, 0.2) is 0 Å². The maximum absolute atomic E-state index is 11.5. The van der Waals surface area contributed by atoms with Crippen molar-refractivity contribution >= 4 is 23.5 Å². The summed E-state index contributed by atoms with van der Waals surface area (Å²) in [5.74, 6) is -0.328. The third kappa shape index (κ3) is 4.72. The maximum atomic E-state index is 11.5. The van der Waals surface area contributed by atoms with Crippen LogP contribution in [-0.4, -0.2) is 36.0 Å². The Balaban J connectivity index is 1.87. The molecule has 1 aliphatic heterocycles. The van der Waals surface area contributed by atoms with E-state index in [0.29, 0.717) is 12.6 Å². The van der Waals surface area contributed by atoms with Crippen LogP contribution in [0.25, 0.3) is 0 Å². The van der Waals surface area contributed by atoms with Gasteiger partial charge < -0.3 is 5.73 Å². The van der Waals surface area contributed by atoms with E-state index in [9.17, 15) is 9.59 Å². The molecule has 1 aliphatic rings. The summed E-state index contributed by atoms with van der Waals surface area (Å²) in [6.45, 7) is 1.60. The summed E-state index contributed by atoms with van der Waals surface area (Å²) in [5, 5.41) is 2.88. The van der Waals surface area contributed by atoms with Gasteiger partial charge in [-0.15, -0.1) is 0 Å². The van der Waals surface area contributed by atoms with Gasteiger partial charge in [0.05, 0.1) is 0 Å². The Bertz CT molecular complexity index is 521. The second-order valence-corrected chi connectivity index (χ2v) is 5.70. The highest BCUT2D eigenvalue weighted by atomic mass is 35.5. The number of amides is 3. The van der Waals surface area contributed by atoms with Crippen LogP contribution in [0, 0.1) is 0 Å². The predicted octanol–water partition coefficient (Wildman–Crippen LogP) is 1.93. The highest BCUT2D eigenvalue weighted by molar-refractivity contribution is 6.31. The third-order valence-electron chi connectivity index (χ3n) is 3.80. The fourth-order valence-corrected chi connectivity index (χ4v) is 3.00. The lowest BCUT2D eigenvalue weighted by atomic mass is 10.0. The van der Waals surface area contributed by atoms with E-state index in [4.69, 9.17) is 17.3 Å². The molecule has 6 heteroatoms. The maximum Gasteiger partial charge on any atom is 0.318 e. The Morgan fingerprint density at radius 1 is 1.38 bits per heavy atom. The number of imide groups is 1. The highest BCUT2D eigenvalue weighted by Gasteiger charge is 2.25. The molecule has 3 amide bonds. The first kappa shape index (κ1) is 15.8. The first-order chi connectivity index (χ1) is 10.1. The number of rotatable bonds is 5. The van der Waals surface area contributed by atoms with E-state index in [2.05, 4.69) is 10.2 Å². The average molecular weight is 310 g/mol. The fraction of sp³-hybridized carbons (Fsp3) is 0.467. The van der Waals surface area contributed by atoms with Crippen molar-refractivity contribution in [3.8, 4) is 0 Å². The van der Waals surface area contributed by atoms with Crippen molar-refractivity contribution < 1.29 is 9.59 Å². The smallest absolute Gasteiger partial charge is 0.318 e. The summed E-state index contributed by atoms with van der Waals surface area (Å²) in [6.07, 6.45) is 3.38. The summed E-state index contributed by atoms with van der Waals surface area (Å²) >= 11 is 6.20. The monoisotopic (exact) mass is 309 g/mol. The van der Waals surface area contributed by atoms with Crippen LogP contribution in [-0.2, 0) is 11.2 Å². The van der Waals surface area contributed by atoms with Gasteiger partial charge in [0, 0.05) is 24.0 Å². The summed E-state index contributed by atoms with van der Waals surface area (Å²) in [5.41, 5.74) is 6.06. The molecule has 0 saturated carbocycles. The lowest BCUT2D eigenvalue weighted by Crippen LogP contribution is -2.38. The minimum absolute atomic E-state index is 0.280. The van der Waals surface area contributed by atoms with Crippen LogP contribution in [0.3, 0.4) is 0 Å². The van der Waals surface area contributed by atoms with Gasteiger partial charge in [-0.1, -0.05) is 29.8 Å². The molecule has 5 nitrogen and oxygen atoms in total. The molecule has 1 unspecified atom stereocenters. The molecule has 1 saturated heterocycles. The minimum atomic E-state index is -0.797. The summed E-state index contributed by atoms with van der Waals surface area (Å²) < 4.78 is 0. The predicted molar refractivity (Wildman–Crippen MR) is 82.1 cm³/mol. The van der Waals surface area contributed by atoms with Gasteiger partial charge >= 0.3 is 6.03 Å². The molecule has 1 aromatic rings. The molecule has 0 aromatic heterocycles. The number of nitrogens with one attached hydrogen (secondary N) is 1. The van der Waals surface area contributed by atoms with Gasteiger partial charge in [-0.05, 0) is 37.4 Å². The van der Waals surface area contributed by atoms with Gasteiger partial charge in [0.1, 0.15) is 0 Å². The van der Waals surface area contributed by atoms with Crippen LogP contribution in [0.15, 0.2) is 24.3 Å². The number of nitrogens with zero attached hydrogens (tertiary/aromatic N) is 1. The Hall–Kier alpha value is -1.59. The Morgan fingerprint density at radius 3 is 2.86 bits per heavy atom. The summed E-state index contributed by atoms with van der Waals surface area (Å²) in [6, 6.07) is 7.45. The van der Waals surface area contributed by atoms with Crippen molar-refractivity contribution in [2.24, 2.45) is 5.73 Å². The number of hydrogen-bond acceptors (Lipinski definition) is 3. The highest BCUT2D eigenvalue weighted by Crippen LogP contribution is 2.24. The first-order valence-corrected chi connectivity index (χ1v) is 7.51.